The number of carbonyl (C=O) groups is 2. The molecule has 1 saturated heterocycles. The van der Waals surface area contributed by atoms with Gasteiger partial charge < -0.3 is 24.1 Å². The highest BCUT2D eigenvalue weighted by molar-refractivity contribution is 5.92. The fourth-order valence-electron chi connectivity index (χ4n) is 2.64. The van der Waals surface area contributed by atoms with Gasteiger partial charge in [-0.3, -0.25) is 9.59 Å². The van der Waals surface area contributed by atoms with Crippen LogP contribution in [0.4, 0.5) is 0 Å². The van der Waals surface area contributed by atoms with E-state index >= 15 is 0 Å². The third-order valence-corrected chi connectivity index (χ3v) is 4.16. The Morgan fingerprint density at radius 3 is 2.81 bits per heavy atom. The highest BCUT2D eigenvalue weighted by atomic mass is 16.5. The van der Waals surface area contributed by atoms with Crippen molar-refractivity contribution in [2.75, 3.05) is 20.2 Å². The van der Waals surface area contributed by atoms with E-state index in [2.05, 4.69) is 10.3 Å². The van der Waals surface area contributed by atoms with Gasteiger partial charge in [-0.25, -0.2) is 4.98 Å². The van der Waals surface area contributed by atoms with Gasteiger partial charge in [-0.1, -0.05) is 0 Å². The van der Waals surface area contributed by atoms with E-state index in [9.17, 15) is 9.59 Å². The lowest BCUT2D eigenvalue weighted by Crippen LogP contribution is -2.42. The number of ether oxygens (including phenoxy) is 2. The van der Waals surface area contributed by atoms with Crippen molar-refractivity contribution in [1.82, 2.24) is 15.2 Å². The zero-order chi connectivity index (χ0) is 18.5. The van der Waals surface area contributed by atoms with Crippen LogP contribution in [0.3, 0.4) is 0 Å². The van der Waals surface area contributed by atoms with Gasteiger partial charge in [0, 0.05) is 25.6 Å². The first-order valence-corrected chi connectivity index (χ1v) is 8.35. The first-order valence-electron chi connectivity index (χ1n) is 8.35. The summed E-state index contributed by atoms with van der Waals surface area (Å²) in [6.07, 6.45) is 1.60. The number of oxazole rings is 1. The van der Waals surface area contributed by atoms with Gasteiger partial charge in [-0.2, -0.15) is 0 Å². The molecule has 26 heavy (non-hydrogen) atoms. The van der Waals surface area contributed by atoms with Crippen molar-refractivity contribution in [3.05, 3.63) is 42.1 Å². The molecule has 0 unspecified atom stereocenters. The Labute approximate surface area is 151 Å². The van der Waals surface area contributed by atoms with E-state index in [0.29, 0.717) is 24.7 Å². The first-order chi connectivity index (χ1) is 12.6. The number of hydrogen-bond donors (Lipinski definition) is 1. The standard InChI is InChI=1S/C18H21N3O5/c1-12-9-19-16(22)7-8-21(12)18(23)15-10-26-17(20-15)11-25-14-5-3-13(24-2)4-6-14/h3-6,10,12H,7-9,11H2,1-2H3,(H,19,22)/t12-/m0/s1. The molecule has 0 radical (unpaired) electrons. The molecule has 8 heteroatoms. The van der Waals surface area contributed by atoms with E-state index in [4.69, 9.17) is 13.9 Å². The summed E-state index contributed by atoms with van der Waals surface area (Å²) in [5.41, 5.74) is 0.208. The SMILES string of the molecule is COc1ccc(OCc2nc(C(=O)N3CCC(=O)NC[C@@H]3C)co2)cc1. The molecule has 138 valence electrons. The number of aromatic nitrogens is 1. The molecule has 1 aromatic heterocycles. The molecular formula is C18H21N3O5. The summed E-state index contributed by atoms with van der Waals surface area (Å²) < 4.78 is 16.0. The molecule has 2 heterocycles. The topological polar surface area (TPSA) is 93.9 Å². The van der Waals surface area contributed by atoms with Crippen LogP contribution in [0.2, 0.25) is 0 Å². The monoisotopic (exact) mass is 359 g/mol. The van der Waals surface area contributed by atoms with E-state index in [0.717, 1.165) is 5.75 Å². The van der Waals surface area contributed by atoms with Crippen molar-refractivity contribution in [3.63, 3.8) is 0 Å². The highest BCUT2D eigenvalue weighted by Gasteiger charge is 2.27. The number of methoxy groups -OCH3 is 1. The molecule has 8 nitrogen and oxygen atoms in total. The van der Waals surface area contributed by atoms with Gasteiger partial charge in [0.2, 0.25) is 11.8 Å². The Balaban J connectivity index is 1.61. The van der Waals surface area contributed by atoms with Gasteiger partial charge in [0.1, 0.15) is 17.8 Å². The number of nitrogens with one attached hydrogen (secondary N) is 1. The lowest BCUT2D eigenvalue weighted by Gasteiger charge is -2.25. The van der Waals surface area contributed by atoms with E-state index in [1.807, 2.05) is 6.92 Å². The molecule has 0 spiro atoms. The maximum atomic E-state index is 12.6. The fraction of sp³-hybridized carbons (Fsp3) is 0.389. The smallest absolute Gasteiger partial charge is 0.276 e. The van der Waals surface area contributed by atoms with Crippen molar-refractivity contribution in [2.24, 2.45) is 0 Å². The summed E-state index contributed by atoms with van der Waals surface area (Å²) in [5, 5.41) is 2.78. The van der Waals surface area contributed by atoms with Crippen LogP contribution in [-0.4, -0.2) is 47.9 Å². The second-order valence-electron chi connectivity index (χ2n) is 5.99. The third kappa shape index (κ3) is 4.14. The molecule has 3 rings (SSSR count). The first kappa shape index (κ1) is 17.8. The molecule has 1 atom stereocenters. The van der Waals surface area contributed by atoms with Crippen LogP contribution in [-0.2, 0) is 11.4 Å². The predicted octanol–water partition coefficient (Wildman–Crippen LogP) is 1.61. The second-order valence-corrected chi connectivity index (χ2v) is 5.99. The predicted molar refractivity (Wildman–Crippen MR) is 92.0 cm³/mol. The minimum Gasteiger partial charge on any atom is -0.497 e. The molecular weight excluding hydrogens is 338 g/mol. The lowest BCUT2D eigenvalue weighted by atomic mass is 10.2. The van der Waals surface area contributed by atoms with Crippen LogP contribution in [0.1, 0.15) is 29.7 Å². The average Bonchev–Trinajstić information content (AvgIpc) is 3.07. The maximum absolute atomic E-state index is 12.6. The number of amides is 2. The molecule has 1 aliphatic heterocycles. The number of hydrogen-bond acceptors (Lipinski definition) is 6. The molecule has 1 fully saturated rings. The minimum absolute atomic E-state index is 0.0547. The summed E-state index contributed by atoms with van der Waals surface area (Å²) in [6, 6.07) is 7.02. The molecule has 1 aromatic carbocycles. The fourth-order valence-corrected chi connectivity index (χ4v) is 2.64. The van der Waals surface area contributed by atoms with E-state index in [-0.39, 0.29) is 36.6 Å². The zero-order valence-electron chi connectivity index (χ0n) is 14.7. The zero-order valence-corrected chi connectivity index (χ0v) is 14.7. The van der Waals surface area contributed by atoms with Crippen molar-refractivity contribution >= 4 is 11.8 Å². The quantitative estimate of drug-likeness (QED) is 0.872. The van der Waals surface area contributed by atoms with Gasteiger partial charge in [-0.05, 0) is 31.2 Å². The average molecular weight is 359 g/mol. The normalized spacial score (nSPS) is 17.4. The van der Waals surface area contributed by atoms with Crippen LogP contribution in [0.25, 0.3) is 0 Å². The molecule has 2 amide bonds. The minimum atomic E-state index is -0.256. The molecule has 0 saturated carbocycles. The molecule has 1 N–H and O–H groups in total. The van der Waals surface area contributed by atoms with Gasteiger partial charge in [-0.15, -0.1) is 0 Å². The van der Waals surface area contributed by atoms with E-state index in [1.165, 1.54) is 6.26 Å². The summed E-state index contributed by atoms with van der Waals surface area (Å²) in [6.45, 7) is 2.78. The van der Waals surface area contributed by atoms with Crippen LogP contribution in [0.15, 0.2) is 34.9 Å². The van der Waals surface area contributed by atoms with E-state index < -0.39 is 0 Å². The van der Waals surface area contributed by atoms with Crippen molar-refractivity contribution in [1.29, 1.82) is 0 Å². The van der Waals surface area contributed by atoms with Crippen LogP contribution < -0.4 is 14.8 Å². The van der Waals surface area contributed by atoms with E-state index in [1.54, 1.807) is 36.3 Å². The van der Waals surface area contributed by atoms with Crippen LogP contribution >= 0.6 is 0 Å². The highest BCUT2D eigenvalue weighted by Crippen LogP contribution is 2.18. The number of rotatable bonds is 5. The van der Waals surface area contributed by atoms with Crippen LogP contribution in [0, 0.1) is 0 Å². The Morgan fingerprint density at radius 2 is 2.08 bits per heavy atom. The summed E-state index contributed by atoms with van der Waals surface area (Å²) >= 11 is 0. The summed E-state index contributed by atoms with van der Waals surface area (Å²) in [5.74, 6) is 1.37. The molecule has 2 aromatic rings. The molecule has 1 aliphatic rings. The van der Waals surface area contributed by atoms with Gasteiger partial charge in [0.25, 0.3) is 5.91 Å². The third-order valence-electron chi connectivity index (χ3n) is 4.16. The second kappa shape index (κ2) is 7.90. The maximum Gasteiger partial charge on any atom is 0.276 e. The molecule has 0 bridgehead atoms. The van der Waals surface area contributed by atoms with Gasteiger partial charge in [0.05, 0.1) is 7.11 Å². The number of carbonyl (C=O) groups excluding carboxylic acids is 2. The Bertz CT molecular complexity index is 771. The summed E-state index contributed by atoms with van der Waals surface area (Å²) in [4.78, 5) is 30.0. The van der Waals surface area contributed by atoms with Gasteiger partial charge in [0.15, 0.2) is 12.3 Å². The largest absolute Gasteiger partial charge is 0.497 e. The Kier molecular flexibility index (Phi) is 5.40. The van der Waals surface area contributed by atoms with Crippen molar-refractivity contribution in [2.45, 2.75) is 26.0 Å². The number of benzene rings is 1. The van der Waals surface area contributed by atoms with Crippen molar-refractivity contribution in [3.8, 4) is 11.5 Å². The molecule has 0 aliphatic carbocycles. The Morgan fingerprint density at radius 1 is 1.35 bits per heavy atom. The Hall–Kier alpha value is -3.03. The van der Waals surface area contributed by atoms with Crippen LogP contribution in [0.5, 0.6) is 11.5 Å². The number of nitrogens with zero attached hydrogens (tertiary/aromatic N) is 2. The van der Waals surface area contributed by atoms with Gasteiger partial charge >= 0.3 is 0 Å². The summed E-state index contributed by atoms with van der Waals surface area (Å²) in [7, 11) is 1.60. The lowest BCUT2D eigenvalue weighted by molar-refractivity contribution is -0.120. The van der Waals surface area contributed by atoms with Crippen molar-refractivity contribution < 1.29 is 23.5 Å².